The first-order chi connectivity index (χ1) is 14.1. The second-order valence-corrected chi connectivity index (χ2v) is 8.23. The molecule has 0 saturated heterocycles. The third-order valence-corrected chi connectivity index (χ3v) is 6.13. The lowest BCUT2D eigenvalue weighted by Gasteiger charge is -2.11. The van der Waals surface area contributed by atoms with Crippen LogP contribution in [0.1, 0.15) is 5.69 Å². The standard InChI is InChI=1S/C19H16ClN5O2S2/c1-3-6-25-17(14-9-12(20)4-5-15(14)27-2)22-23-19(25)29-11-13-10-16(26)24-7-8-28-18(24)21-13/h3-5,7-10H,1,6,11H2,2H3. The van der Waals surface area contributed by atoms with Gasteiger partial charge in [0.15, 0.2) is 15.9 Å². The van der Waals surface area contributed by atoms with Crippen LogP contribution in [0, 0.1) is 0 Å². The van der Waals surface area contributed by atoms with E-state index in [0.29, 0.717) is 44.7 Å². The Kier molecular flexibility index (Phi) is 5.70. The predicted molar refractivity (Wildman–Crippen MR) is 116 cm³/mol. The number of hydrogen-bond donors (Lipinski definition) is 0. The van der Waals surface area contributed by atoms with Crippen LogP contribution in [0.15, 0.2) is 58.4 Å². The van der Waals surface area contributed by atoms with E-state index in [0.717, 1.165) is 5.56 Å². The van der Waals surface area contributed by atoms with E-state index in [1.54, 1.807) is 43.6 Å². The van der Waals surface area contributed by atoms with Gasteiger partial charge in [-0.3, -0.25) is 13.8 Å². The fourth-order valence-electron chi connectivity index (χ4n) is 2.84. The summed E-state index contributed by atoms with van der Waals surface area (Å²) in [5.74, 6) is 1.78. The fourth-order valence-corrected chi connectivity index (χ4v) is 4.59. The second-order valence-electron chi connectivity index (χ2n) is 5.98. The number of thiazole rings is 1. The molecule has 4 aromatic rings. The van der Waals surface area contributed by atoms with Gasteiger partial charge in [-0.05, 0) is 18.2 Å². The molecule has 0 aliphatic rings. The number of rotatable bonds is 7. The molecule has 3 aromatic heterocycles. The summed E-state index contributed by atoms with van der Waals surface area (Å²) in [6, 6.07) is 6.90. The van der Waals surface area contributed by atoms with E-state index in [4.69, 9.17) is 16.3 Å². The van der Waals surface area contributed by atoms with Crippen molar-refractivity contribution in [3.8, 4) is 17.1 Å². The number of allylic oxidation sites excluding steroid dienone is 1. The van der Waals surface area contributed by atoms with Crippen molar-refractivity contribution in [1.29, 1.82) is 0 Å². The first kappa shape index (κ1) is 19.7. The highest BCUT2D eigenvalue weighted by Crippen LogP contribution is 2.33. The van der Waals surface area contributed by atoms with Crippen molar-refractivity contribution < 1.29 is 4.74 Å². The number of fused-ring (bicyclic) bond motifs is 1. The number of thioether (sulfide) groups is 1. The Morgan fingerprint density at radius 1 is 1.34 bits per heavy atom. The second kappa shape index (κ2) is 8.40. The molecule has 0 radical (unpaired) electrons. The third-order valence-electron chi connectivity index (χ3n) is 4.14. The molecule has 0 aliphatic heterocycles. The lowest BCUT2D eigenvalue weighted by molar-refractivity contribution is 0.416. The number of nitrogens with zero attached hydrogens (tertiary/aromatic N) is 5. The van der Waals surface area contributed by atoms with E-state index in [2.05, 4.69) is 21.8 Å². The fraction of sp³-hybridized carbons (Fsp3) is 0.158. The van der Waals surface area contributed by atoms with Crippen molar-refractivity contribution >= 4 is 39.7 Å². The van der Waals surface area contributed by atoms with E-state index in [1.165, 1.54) is 27.5 Å². The Morgan fingerprint density at radius 2 is 2.21 bits per heavy atom. The van der Waals surface area contributed by atoms with Gasteiger partial charge in [-0.1, -0.05) is 29.4 Å². The largest absolute Gasteiger partial charge is 0.496 e. The minimum Gasteiger partial charge on any atom is -0.496 e. The zero-order valence-corrected chi connectivity index (χ0v) is 17.8. The van der Waals surface area contributed by atoms with Crippen molar-refractivity contribution in [3.63, 3.8) is 0 Å². The molecule has 0 unspecified atom stereocenters. The summed E-state index contributed by atoms with van der Waals surface area (Å²) < 4.78 is 8.92. The number of aromatic nitrogens is 5. The molecule has 0 fully saturated rings. The van der Waals surface area contributed by atoms with Crippen LogP contribution in [-0.4, -0.2) is 31.3 Å². The van der Waals surface area contributed by atoms with Crippen molar-refractivity contribution in [1.82, 2.24) is 24.1 Å². The molecule has 0 atom stereocenters. The molecule has 4 rings (SSSR count). The summed E-state index contributed by atoms with van der Waals surface area (Å²) in [6.07, 6.45) is 3.49. The van der Waals surface area contributed by atoms with Gasteiger partial charge < -0.3 is 4.74 Å². The minimum absolute atomic E-state index is 0.0937. The molecule has 0 aliphatic carbocycles. The first-order valence-corrected chi connectivity index (χ1v) is 10.8. The van der Waals surface area contributed by atoms with E-state index in [-0.39, 0.29) is 5.56 Å². The van der Waals surface area contributed by atoms with Gasteiger partial charge in [-0.2, -0.15) is 0 Å². The number of hydrogen-bond acceptors (Lipinski definition) is 7. The first-order valence-electron chi connectivity index (χ1n) is 8.57. The van der Waals surface area contributed by atoms with Gasteiger partial charge in [-0.25, -0.2) is 4.98 Å². The van der Waals surface area contributed by atoms with Gasteiger partial charge in [0.1, 0.15) is 5.75 Å². The van der Waals surface area contributed by atoms with Crippen LogP contribution in [0.5, 0.6) is 5.75 Å². The van der Waals surface area contributed by atoms with Crippen molar-refractivity contribution in [2.45, 2.75) is 17.5 Å². The Labute approximate surface area is 179 Å². The van der Waals surface area contributed by atoms with Gasteiger partial charge >= 0.3 is 0 Å². The summed E-state index contributed by atoms with van der Waals surface area (Å²) in [7, 11) is 1.60. The van der Waals surface area contributed by atoms with E-state index >= 15 is 0 Å². The molecule has 1 aromatic carbocycles. The van der Waals surface area contributed by atoms with Crippen molar-refractivity contribution in [3.05, 3.63) is 69.6 Å². The SMILES string of the molecule is C=CCn1c(SCc2cc(=O)n3ccsc3n2)nnc1-c1cc(Cl)ccc1OC. The zero-order valence-electron chi connectivity index (χ0n) is 15.4. The molecule has 7 nitrogen and oxygen atoms in total. The molecule has 10 heteroatoms. The Balaban J connectivity index is 1.67. The predicted octanol–water partition coefficient (Wildman–Crippen LogP) is 4.15. The molecular weight excluding hydrogens is 430 g/mol. The van der Waals surface area contributed by atoms with Crippen LogP contribution in [0.2, 0.25) is 5.02 Å². The number of benzene rings is 1. The highest BCUT2D eigenvalue weighted by Gasteiger charge is 2.18. The summed E-state index contributed by atoms with van der Waals surface area (Å²) in [4.78, 5) is 17.4. The number of halogens is 1. The van der Waals surface area contributed by atoms with Gasteiger partial charge in [0, 0.05) is 35.0 Å². The number of ether oxygens (including phenoxy) is 1. The molecule has 0 amide bonds. The highest BCUT2D eigenvalue weighted by atomic mass is 35.5. The molecule has 0 N–H and O–H groups in total. The topological polar surface area (TPSA) is 74.3 Å². The minimum atomic E-state index is -0.0937. The van der Waals surface area contributed by atoms with Crippen LogP contribution in [0.4, 0.5) is 0 Å². The van der Waals surface area contributed by atoms with E-state index in [9.17, 15) is 4.79 Å². The molecule has 0 saturated carbocycles. The molecular formula is C19H16ClN5O2S2. The van der Waals surface area contributed by atoms with Crippen LogP contribution in [0.25, 0.3) is 16.3 Å². The van der Waals surface area contributed by atoms with E-state index in [1.807, 2.05) is 9.95 Å². The molecule has 0 spiro atoms. The van der Waals surface area contributed by atoms with Crippen LogP contribution >= 0.6 is 34.7 Å². The van der Waals surface area contributed by atoms with Gasteiger partial charge in [0.05, 0.1) is 18.4 Å². The summed E-state index contributed by atoms with van der Waals surface area (Å²) >= 11 is 9.06. The molecule has 148 valence electrons. The van der Waals surface area contributed by atoms with Gasteiger partial charge in [0.25, 0.3) is 5.56 Å². The average Bonchev–Trinajstić information content (AvgIpc) is 3.34. The molecule has 29 heavy (non-hydrogen) atoms. The third kappa shape index (κ3) is 3.93. The van der Waals surface area contributed by atoms with Crippen molar-refractivity contribution in [2.75, 3.05) is 7.11 Å². The molecule has 0 bridgehead atoms. The maximum Gasteiger partial charge on any atom is 0.258 e. The maximum atomic E-state index is 12.2. The van der Waals surface area contributed by atoms with E-state index < -0.39 is 0 Å². The average molecular weight is 446 g/mol. The summed E-state index contributed by atoms with van der Waals surface area (Å²) in [5, 5.41) is 11.8. The van der Waals surface area contributed by atoms with Crippen LogP contribution in [0.3, 0.4) is 0 Å². The molecule has 3 heterocycles. The smallest absolute Gasteiger partial charge is 0.258 e. The number of methoxy groups -OCH3 is 1. The quantitative estimate of drug-likeness (QED) is 0.314. The normalized spacial score (nSPS) is 11.1. The zero-order chi connectivity index (χ0) is 20.4. The monoisotopic (exact) mass is 445 g/mol. The Morgan fingerprint density at radius 3 is 3.00 bits per heavy atom. The summed E-state index contributed by atoms with van der Waals surface area (Å²) in [5.41, 5.74) is 1.35. The van der Waals surface area contributed by atoms with Crippen LogP contribution in [-0.2, 0) is 12.3 Å². The lowest BCUT2D eigenvalue weighted by atomic mass is 10.2. The highest BCUT2D eigenvalue weighted by molar-refractivity contribution is 7.98. The van der Waals surface area contributed by atoms with Gasteiger partial charge in [0.2, 0.25) is 0 Å². The van der Waals surface area contributed by atoms with Crippen molar-refractivity contribution in [2.24, 2.45) is 0 Å². The van der Waals surface area contributed by atoms with Crippen LogP contribution < -0.4 is 10.3 Å². The maximum absolute atomic E-state index is 12.2. The Hall–Kier alpha value is -2.62. The Bertz CT molecular complexity index is 1250. The van der Waals surface area contributed by atoms with Gasteiger partial charge in [-0.15, -0.1) is 28.1 Å². The lowest BCUT2D eigenvalue weighted by Crippen LogP contribution is -2.12. The summed E-state index contributed by atoms with van der Waals surface area (Å²) in [6.45, 7) is 4.35.